The number of hydrogen-bond acceptors (Lipinski definition) is 7. The summed E-state index contributed by atoms with van der Waals surface area (Å²) in [6, 6.07) is 5.84. The number of carbonyl (C=O) groups excluding carboxylic acids is 1. The van der Waals surface area contributed by atoms with Crippen molar-refractivity contribution in [1.29, 1.82) is 0 Å². The highest BCUT2D eigenvalue weighted by molar-refractivity contribution is 7.09. The van der Waals surface area contributed by atoms with Crippen LogP contribution in [0.2, 0.25) is 0 Å². The van der Waals surface area contributed by atoms with Gasteiger partial charge in [0.25, 0.3) is 5.91 Å². The summed E-state index contributed by atoms with van der Waals surface area (Å²) < 4.78 is 7.23. The molecule has 0 spiro atoms. The third kappa shape index (κ3) is 4.23. The molecule has 0 aliphatic carbocycles. The molecular weight excluding hydrogens is 412 g/mol. The van der Waals surface area contributed by atoms with Gasteiger partial charge in [-0.2, -0.15) is 10.1 Å². The number of hydrogen-bond donors (Lipinski definition) is 1. The van der Waals surface area contributed by atoms with Gasteiger partial charge in [0.2, 0.25) is 5.89 Å². The molecule has 0 unspecified atom stereocenters. The number of carbonyl (C=O) groups is 1. The van der Waals surface area contributed by atoms with Gasteiger partial charge >= 0.3 is 0 Å². The molecule has 0 saturated heterocycles. The van der Waals surface area contributed by atoms with Gasteiger partial charge in [0.05, 0.1) is 29.2 Å². The molecule has 0 bridgehead atoms. The summed E-state index contributed by atoms with van der Waals surface area (Å²) in [5.41, 5.74) is 0.869. The third-order valence-corrected chi connectivity index (χ3v) is 5.78. The van der Waals surface area contributed by atoms with Crippen LogP contribution in [0.4, 0.5) is 0 Å². The van der Waals surface area contributed by atoms with Gasteiger partial charge in [0.15, 0.2) is 11.5 Å². The van der Waals surface area contributed by atoms with Crippen LogP contribution in [0.25, 0.3) is 11.0 Å². The van der Waals surface area contributed by atoms with E-state index in [2.05, 4.69) is 31.6 Å². The molecule has 4 aromatic heterocycles. The third-order valence-electron chi connectivity index (χ3n) is 4.92. The summed E-state index contributed by atoms with van der Waals surface area (Å²) in [7, 11) is 0. The van der Waals surface area contributed by atoms with Gasteiger partial charge in [0.1, 0.15) is 0 Å². The van der Waals surface area contributed by atoms with E-state index in [0.29, 0.717) is 34.9 Å². The highest BCUT2D eigenvalue weighted by Crippen LogP contribution is 2.26. The van der Waals surface area contributed by atoms with Crippen LogP contribution in [0.1, 0.15) is 67.3 Å². The van der Waals surface area contributed by atoms with Crippen molar-refractivity contribution in [2.45, 2.75) is 59.0 Å². The van der Waals surface area contributed by atoms with E-state index < -0.39 is 5.54 Å². The molecule has 0 aliphatic rings. The maximum absolute atomic E-state index is 13.3. The van der Waals surface area contributed by atoms with Gasteiger partial charge < -0.3 is 9.84 Å². The molecule has 9 heteroatoms. The quantitative estimate of drug-likeness (QED) is 0.501. The molecule has 0 radical (unpaired) electrons. The molecule has 0 fully saturated rings. The molecule has 0 aromatic carbocycles. The lowest BCUT2D eigenvalue weighted by atomic mass is 9.96. The minimum absolute atomic E-state index is 0.238. The van der Waals surface area contributed by atoms with Crippen LogP contribution in [0.3, 0.4) is 0 Å². The van der Waals surface area contributed by atoms with Crippen molar-refractivity contribution in [3.63, 3.8) is 0 Å². The predicted molar refractivity (Wildman–Crippen MR) is 119 cm³/mol. The standard InChI is InChI=1S/C22H26N6O2S/c1-13-10-15(16-11-23-28(17(16)24-13)12-14-8-7-9-31-14)18(29)26-22(5,6)19-25-20(30-27-19)21(2,3)4/h7-11H,12H2,1-6H3,(H,26,29). The SMILES string of the molecule is Cc1cc(C(=O)NC(C)(C)c2noc(C(C)(C)C)n2)c2cnn(Cc3cccs3)c2n1. The van der Waals surface area contributed by atoms with Crippen LogP contribution >= 0.6 is 11.3 Å². The Morgan fingerprint density at radius 2 is 2.00 bits per heavy atom. The lowest BCUT2D eigenvalue weighted by Crippen LogP contribution is -2.42. The molecule has 31 heavy (non-hydrogen) atoms. The second-order valence-electron chi connectivity index (χ2n) is 9.18. The van der Waals surface area contributed by atoms with Crippen LogP contribution < -0.4 is 5.32 Å². The molecule has 4 aromatic rings. The Kier molecular flexibility index (Phi) is 5.17. The number of nitrogens with zero attached hydrogens (tertiary/aromatic N) is 5. The van der Waals surface area contributed by atoms with Gasteiger partial charge in [-0.25, -0.2) is 9.67 Å². The van der Waals surface area contributed by atoms with Crippen molar-refractivity contribution in [3.05, 3.63) is 57.6 Å². The van der Waals surface area contributed by atoms with Gasteiger partial charge in [-0.05, 0) is 38.3 Å². The first kappa shape index (κ1) is 21.2. The van der Waals surface area contributed by atoms with Gasteiger partial charge in [-0.15, -0.1) is 11.3 Å². The maximum atomic E-state index is 13.3. The van der Waals surface area contributed by atoms with Crippen LogP contribution in [0, 0.1) is 6.92 Å². The largest absolute Gasteiger partial charge is 0.340 e. The number of fused-ring (bicyclic) bond motifs is 1. The molecule has 0 saturated carbocycles. The first-order valence-electron chi connectivity index (χ1n) is 10.1. The summed E-state index contributed by atoms with van der Waals surface area (Å²) >= 11 is 1.66. The molecule has 162 valence electrons. The van der Waals surface area contributed by atoms with Gasteiger partial charge in [-0.3, -0.25) is 4.79 Å². The summed E-state index contributed by atoms with van der Waals surface area (Å²) in [5.74, 6) is 0.723. The first-order chi connectivity index (χ1) is 14.5. The topological polar surface area (TPSA) is 98.7 Å². The average Bonchev–Trinajstić information content (AvgIpc) is 3.41. The summed E-state index contributed by atoms with van der Waals surface area (Å²) in [4.78, 5) is 23.6. The number of aryl methyl sites for hydroxylation is 1. The van der Waals surface area contributed by atoms with E-state index in [1.807, 2.05) is 57.7 Å². The van der Waals surface area contributed by atoms with Crippen LogP contribution in [0.15, 0.2) is 34.3 Å². The first-order valence-corrected chi connectivity index (χ1v) is 11.0. The van der Waals surface area contributed by atoms with Crippen molar-refractivity contribution in [3.8, 4) is 0 Å². The second-order valence-corrected chi connectivity index (χ2v) is 10.2. The van der Waals surface area contributed by atoms with Crippen LogP contribution in [0.5, 0.6) is 0 Å². The molecule has 4 rings (SSSR count). The van der Waals surface area contributed by atoms with E-state index in [0.717, 1.165) is 5.69 Å². The zero-order chi connectivity index (χ0) is 22.4. The number of rotatable bonds is 5. The Morgan fingerprint density at radius 3 is 2.65 bits per heavy atom. The fraction of sp³-hybridized carbons (Fsp3) is 0.409. The Balaban J connectivity index is 1.64. The predicted octanol–water partition coefficient (Wildman–Crippen LogP) is 4.20. The van der Waals surface area contributed by atoms with E-state index in [-0.39, 0.29) is 11.3 Å². The molecular formula is C22H26N6O2S. The Hall–Kier alpha value is -3.07. The van der Waals surface area contributed by atoms with Crippen molar-refractivity contribution in [2.75, 3.05) is 0 Å². The van der Waals surface area contributed by atoms with Crippen LogP contribution in [-0.2, 0) is 17.5 Å². The Bertz CT molecular complexity index is 1230. The van der Waals surface area contributed by atoms with Gasteiger partial charge in [0, 0.05) is 16.0 Å². The molecule has 0 atom stereocenters. The zero-order valence-electron chi connectivity index (χ0n) is 18.6. The highest BCUT2D eigenvalue weighted by atomic mass is 32.1. The van der Waals surface area contributed by atoms with Crippen molar-refractivity contribution in [1.82, 2.24) is 30.2 Å². The fourth-order valence-electron chi connectivity index (χ4n) is 3.22. The average molecular weight is 439 g/mol. The molecule has 1 amide bonds. The summed E-state index contributed by atoms with van der Waals surface area (Å²) in [6.45, 7) is 12.2. The fourth-order valence-corrected chi connectivity index (χ4v) is 3.90. The highest BCUT2D eigenvalue weighted by Gasteiger charge is 2.32. The second kappa shape index (κ2) is 7.56. The van der Waals surface area contributed by atoms with Crippen molar-refractivity contribution in [2.24, 2.45) is 0 Å². The van der Waals surface area contributed by atoms with E-state index >= 15 is 0 Å². The number of thiophene rings is 1. The summed E-state index contributed by atoms with van der Waals surface area (Å²) in [6.07, 6.45) is 1.70. The lowest BCUT2D eigenvalue weighted by Gasteiger charge is -2.22. The van der Waals surface area contributed by atoms with E-state index in [1.165, 1.54) is 4.88 Å². The normalized spacial score (nSPS) is 12.5. The molecule has 4 heterocycles. The molecule has 8 nitrogen and oxygen atoms in total. The smallest absolute Gasteiger partial charge is 0.252 e. The van der Waals surface area contributed by atoms with E-state index in [9.17, 15) is 4.79 Å². The maximum Gasteiger partial charge on any atom is 0.252 e. The monoisotopic (exact) mass is 438 g/mol. The van der Waals surface area contributed by atoms with Crippen molar-refractivity contribution < 1.29 is 9.32 Å². The number of aromatic nitrogens is 5. The van der Waals surface area contributed by atoms with E-state index in [4.69, 9.17) is 4.52 Å². The number of nitrogens with one attached hydrogen (secondary N) is 1. The van der Waals surface area contributed by atoms with E-state index in [1.54, 1.807) is 23.6 Å². The minimum Gasteiger partial charge on any atom is -0.340 e. The van der Waals surface area contributed by atoms with Gasteiger partial charge in [-0.1, -0.05) is 32.0 Å². The minimum atomic E-state index is -0.819. The van der Waals surface area contributed by atoms with Crippen LogP contribution in [-0.4, -0.2) is 30.8 Å². The molecule has 1 N–H and O–H groups in total. The van der Waals surface area contributed by atoms with Crippen molar-refractivity contribution >= 4 is 28.3 Å². The summed E-state index contributed by atoms with van der Waals surface area (Å²) in [5, 5.41) is 14.4. The number of pyridine rings is 1. The number of amides is 1. The zero-order valence-corrected chi connectivity index (χ0v) is 19.4. The Morgan fingerprint density at radius 1 is 1.23 bits per heavy atom. The lowest BCUT2D eigenvalue weighted by molar-refractivity contribution is 0.0909. The molecule has 0 aliphatic heterocycles. The Labute approximate surface area is 184 Å².